The zero-order valence-electron chi connectivity index (χ0n) is 21.5. The molecule has 2 heterocycles. The molecule has 37 heavy (non-hydrogen) atoms. The molecule has 1 aliphatic rings. The van der Waals surface area contributed by atoms with Gasteiger partial charge in [-0.1, -0.05) is 37.6 Å². The minimum atomic E-state index is -0.235. The highest BCUT2D eigenvalue weighted by atomic mass is 16.5. The number of amides is 1. The van der Waals surface area contributed by atoms with Gasteiger partial charge in [-0.25, -0.2) is 0 Å². The first-order chi connectivity index (χ1) is 18.1. The Balaban J connectivity index is 1.24. The largest absolute Gasteiger partial charge is 0.492 e. The van der Waals surface area contributed by atoms with Crippen molar-refractivity contribution >= 4 is 17.5 Å². The van der Waals surface area contributed by atoms with Crippen molar-refractivity contribution in [1.82, 2.24) is 15.1 Å². The van der Waals surface area contributed by atoms with Gasteiger partial charge in [0.2, 0.25) is 0 Å². The van der Waals surface area contributed by atoms with Crippen LogP contribution >= 0.6 is 0 Å². The maximum atomic E-state index is 12.7. The van der Waals surface area contributed by atoms with Gasteiger partial charge in [-0.05, 0) is 48.2 Å². The molecule has 1 aliphatic heterocycles. The Hall–Kier alpha value is -3.49. The van der Waals surface area contributed by atoms with Crippen LogP contribution in [0.5, 0.6) is 5.75 Å². The number of hydrogen-bond donors (Lipinski definition) is 2. The Bertz CT molecular complexity index is 1140. The number of H-pyrrole nitrogens is 1. The van der Waals surface area contributed by atoms with Gasteiger partial charge in [0, 0.05) is 44.1 Å². The molecule has 4 rings (SSSR count). The molecule has 0 bridgehead atoms. The van der Waals surface area contributed by atoms with Crippen LogP contribution in [0.3, 0.4) is 0 Å². The number of aromatic nitrogens is 2. The highest BCUT2D eigenvalue weighted by Crippen LogP contribution is 2.22. The predicted molar refractivity (Wildman–Crippen MR) is 144 cm³/mol. The van der Waals surface area contributed by atoms with E-state index in [2.05, 4.69) is 27.3 Å². The number of carbonyl (C=O) groups is 2. The molecule has 2 N–H and O–H groups in total. The Kier molecular flexibility index (Phi) is 9.85. The second-order valence-electron chi connectivity index (χ2n) is 9.29. The maximum Gasteiger partial charge on any atom is 0.256 e. The molecule has 0 unspecified atom stereocenters. The van der Waals surface area contributed by atoms with E-state index in [1.54, 1.807) is 12.1 Å². The fourth-order valence-corrected chi connectivity index (χ4v) is 4.18. The Morgan fingerprint density at radius 2 is 1.81 bits per heavy atom. The van der Waals surface area contributed by atoms with Crippen LogP contribution in [-0.4, -0.2) is 66.2 Å². The van der Waals surface area contributed by atoms with Crippen LogP contribution in [0.15, 0.2) is 54.6 Å². The molecular formula is C29H36N4O4. The molecule has 1 aromatic heterocycles. The zero-order valence-corrected chi connectivity index (χ0v) is 21.5. The lowest BCUT2D eigenvalue weighted by Crippen LogP contribution is -2.38. The summed E-state index contributed by atoms with van der Waals surface area (Å²) in [5, 5.41) is 10.0. The second-order valence-corrected chi connectivity index (χ2v) is 9.29. The molecule has 1 saturated heterocycles. The summed E-state index contributed by atoms with van der Waals surface area (Å²) in [5.74, 6) is 1.28. The second kappa shape index (κ2) is 13.7. The van der Waals surface area contributed by atoms with E-state index in [1.165, 1.54) is 0 Å². The van der Waals surface area contributed by atoms with Crippen LogP contribution in [-0.2, 0) is 16.0 Å². The number of ketones is 1. The topological polar surface area (TPSA) is 96.6 Å². The van der Waals surface area contributed by atoms with Gasteiger partial charge in [0.25, 0.3) is 5.91 Å². The van der Waals surface area contributed by atoms with E-state index in [0.29, 0.717) is 36.6 Å². The lowest BCUT2D eigenvalue weighted by molar-refractivity contribution is -0.119. The molecule has 196 valence electrons. The molecule has 0 aliphatic carbocycles. The minimum Gasteiger partial charge on any atom is -0.492 e. The molecule has 0 saturated carbocycles. The molecule has 2 aromatic carbocycles. The van der Waals surface area contributed by atoms with Gasteiger partial charge in [0.15, 0.2) is 5.82 Å². The number of nitrogens with zero attached hydrogens (tertiary/aromatic N) is 2. The third kappa shape index (κ3) is 8.27. The summed E-state index contributed by atoms with van der Waals surface area (Å²) in [6.45, 7) is 6.97. The number of ether oxygens (including phenoxy) is 2. The Labute approximate surface area is 218 Å². The molecule has 0 radical (unpaired) electrons. The van der Waals surface area contributed by atoms with E-state index in [-0.39, 0.29) is 5.91 Å². The number of carbonyl (C=O) groups excluding carboxylic acids is 2. The van der Waals surface area contributed by atoms with Crippen molar-refractivity contribution in [2.75, 3.05) is 44.8 Å². The van der Waals surface area contributed by atoms with Crippen LogP contribution in [0.4, 0.5) is 5.82 Å². The van der Waals surface area contributed by atoms with Crippen LogP contribution < -0.4 is 10.1 Å². The third-order valence-corrected chi connectivity index (χ3v) is 6.48. The van der Waals surface area contributed by atoms with Gasteiger partial charge >= 0.3 is 0 Å². The van der Waals surface area contributed by atoms with Gasteiger partial charge in [-0.2, -0.15) is 5.10 Å². The first-order valence-corrected chi connectivity index (χ1v) is 13.1. The number of morpholine rings is 1. The van der Waals surface area contributed by atoms with Crippen LogP contribution in [0.1, 0.15) is 48.5 Å². The summed E-state index contributed by atoms with van der Waals surface area (Å²) in [7, 11) is 0. The lowest BCUT2D eigenvalue weighted by Gasteiger charge is -2.26. The average molecular weight is 505 g/mol. The van der Waals surface area contributed by atoms with E-state index in [9.17, 15) is 9.59 Å². The summed E-state index contributed by atoms with van der Waals surface area (Å²) in [6, 6.07) is 17.0. The molecule has 1 amide bonds. The fourth-order valence-electron chi connectivity index (χ4n) is 4.18. The summed E-state index contributed by atoms with van der Waals surface area (Å²) in [5.41, 5.74) is 3.44. The summed E-state index contributed by atoms with van der Waals surface area (Å²) < 4.78 is 11.2. The number of aryl methyl sites for hydroxylation is 1. The van der Waals surface area contributed by atoms with E-state index < -0.39 is 0 Å². The van der Waals surface area contributed by atoms with Crippen molar-refractivity contribution in [3.63, 3.8) is 0 Å². The van der Waals surface area contributed by atoms with Crippen molar-refractivity contribution in [2.45, 2.75) is 39.0 Å². The van der Waals surface area contributed by atoms with Gasteiger partial charge in [0.1, 0.15) is 18.1 Å². The first kappa shape index (κ1) is 26.6. The standard InChI is InChI=1S/C29H36N4O4/c1-2-3-4-25(34)12-7-22-5-8-23(9-6-22)27-21-28(32-31-27)30-29(35)24-10-13-26(14-11-24)37-20-17-33-15-18-36-19-16-33/h5-6,8-11,13-14,21H,2-4,7,12,15-20H2,1H3,(H2,30,31,32,35). The summed E-state index contributed by atoms with van der Waals surface area (Å²) in [4.78, 5) is 26.9. The normalized spacial score (nSPS) is 13.9. The molecule has 8 heteroatoms. The van der Waals surface area contributed by atoms with Gasteiger partial charge in [0.05, 0.1) is 18.9 Å². The van der Waals surface area contributed by atoms with E-state index in [4.69, 9.17) is 9.47 Å². The zero-order chi connectivity index (χ0) is 25.9. The maximum absolute atomic E-state index is 12.7. The van der Waals surface area contributed by atoms with Crippen molar-refractivity contribution in [2.24, 2.45) is 0 Å². The fraction of sp³-hybridized carbons (Fsp3) is 0.414. The van der Waals surface area contributed by atoms with Crippen LogP contribution in [0.2, 0.25) is 0 Å². The number of benzene rings is 2. The highest BCUT2D eigenvalue weighted by Gasteiger charge is 2.12. The number of aromatic amines is 1. The van der Waals surface area contributed by atoms with Gasteiger partial charge in [-0.15, -0.1) is 0 Å². The SMILES string of the molecule is CCCCC(=O)CCc1ccc(-c2cc(NC(=O)c3ccc(OCCN4CCOCC4)cc3)n[nH]2)cc1. The molecule has 0 atom stereocenters. The van der Waals surface area contributed by atoms with Crippen molar-refractivity contribution in [3.05, 3.63) is 65.7 Å². The Morgan fingerprint density at radius 1 is 1.05 bits per heavy atom. The van der Waals surface area contributed by atoms with Crippen LogP contribution in [0, 0.1) is 0 Å². The van der Waals surface area contributed by atoms with E-state index in [1.807, 2.05) is 42.5 Å². The number of Topliss-reactive ketones (excluding diaryl/α,β-unsaturated/α-hetero) is 1. The summed E-state index contributed by atoms with van der Waals surface area (Å²) >= 11 is 0. The number of rotatable bonds is 13. The quantitative estimate of drug-likeness (QED) is 0.349. The molecule has 0 spiro atoms. The molecular weight excluding hydrogens is 468 g/mol. The molecule has 3 aromatic rings. The third-order valence-electron chi connectivity index (χ3n) is 6.48. The van der Waals surface area contributed by atoms with E-state index in [0.717, 1.165) is 74.7 Å². The van der Waals surface area contributed by atoms with E-state index >= 15 is 0 Å². The average Bonchev–Trinajstić information content (AvgIpc) is 3.40. The Morgan fingerprint density at radius 3 is 2.54 bits per heavy atom. The van der Waals surface area contributed by atoms with Gasteiger partial charge < -0.3 is 14.8 Å². The van der Waals surface area contributed by atoms with Crippen LogP contribution in [0.25, 0.3) is 11.3 Å². The first-order valence-electron chi connectivity index (χ1n) is 13.1. The number of unbranched alkanes of at least 4 members (excludes halogenated alkanes) is 1. The molecule has 1 fully saturated rings. The highest BCUT2D eigenvalue weighted by molar-refractivity contribution is 6.04. The lowest BCUT2D eigenvalue weighted by atomic mass is 10.0. The van der Waals surface area contributed by atoms with Crippen molar-refractivity contribution in [1.29, 1.82) is 0 Å². The predicted octanol–water partition coefficient (Wildman–Crippen LogP) is 4.73. The molecule has 8 nitrogen and oxygen atoms in total. The minimum absolute atomic E-state index is 0.235. The van der Waals surface area contributed by atoms with Gasteiger partial charge in [-0.3, -0.25) is 19.6 Å². The smallest absolute Gasteiger partial charge is 0.256 e. The van der Waals surface area contributed by atoms with Crippen molar-refractivity contribution < 1.29 is 19.1 Å². The monoisotopic (exact) mass is 504 g/mol. The number of anilines is 1. The summed E-state index contributed by atoms with van der Waals surface area (Å²) in [6.07, 6.45) is 4.02. The van der Waals surface area contributed by atoms with Crippen molar-refractivity contribution in [3.8, 4) is 17.0 Å². The number of nitrogens with one attached hydrogen (secondary N) is 2. The number of hydrogen-bond acceptors (Lipinski definition) is 6.